The lowest BCUT2D eigenvalue weighted by atomic mass is 10.1. The predicted octanol–water partition coefficient (Wildman–Crippen LogP) is 6.64. The first-order chi connectivity index (χ1) is 17.0. The van der Waals surface area contributed by atoms with E-state index in [0.29, 0.717) is 18.7 Å². The van der Waals surface area contributed by atoms with Crippen LogP contribution in [0.3, 0.4) is 0 Å². The van der Waals surface area contributed by atoms with Gasteiger partial charge in [-0.25, -0.2) is 4.98 Å². The van der Waals surface area contributed by atoms with E-state index in [9.17, 15) is 4.79 Å². The SMILES string of the molecule is Cc1ccc(OCCn2c(CCCCCNC(=O)c3cccc(Br)c3)nc3ccccc32)cc1C. The number of nitrogens with one attached hydrogen (secondary N) is 1. The Balaban J connectivity index is 1.28. The minimum absolute atomic E-state index is 0.0307. The van der Waals surface area contributed by atoms with Gasteiger partial charge in [-0.2, -0.15) is 0 Å². The van der Waals surface area contributed by atoms with Crippen molar-refractivity contribution >= 4 is 32.9 Å². The monoisotopic (exact) mass is 533 g/mol. The molecule has 0 atom stereocenters. The first kappa shape index (κ1) is 25.0. The van der Waals surface area contributed by atoms with Crippen LogP contribution >= 0.6 is 15.9 Å². The van der Waals surface area contributed by atoms with Gasteiger partial charge in [-0.15, -0.1) is 0 Å². The number of aromatic nitrogens is 2. The summed E-state index contributed by atoms with van der Waals surface area (Å²) in [6.45, 7) is 6.24. The third-order valence-electron chi connectivity index (χ3n) is 6.25. The largest absolute Gasteiger partial charge is 0.492 e. The van der Waals surface area contributed by atoms with E-state index in [-0.39, 0.29) is 5.91 Å². The zero-order chi connectivity index (χ0) is 24.6. The van der Waals surface area contributed by atoms with Crippen LogP contribution in [-0.2, 0) is 13.0 Å². The number of aryl methyl sites for hydroxylation is 3. The highest BCUT2D eigenvalue weighted by atomic mass is 79.9. The van der Waals surface area contributed by atoms with Crippen molar-refractivity contribution < 1.29 is 9.53 Å². The van der Waals surface area contributed by atoms with Crippen molar-refractivity contribution in [3.8, 4) is 5.75 Å². The van der Waals surface area contributed by atoms with Gasteiger partial charge in [0.25, 0.3) is 5.91 Å². The van der Waals surface area contributed by atoms with Crippen LogP contribution < -0.4 is 10.1 Å². The van der Waals surface area contributed by atoms with Crippen molar-refractivity contribution in [3.05, 3.63) is 93.7 Å². The minimum Gasteiger partial charge on any atom is -0.492 e. The van der Waals surface area contributed by atoms with Crippen LogP contribution in [0.1, 0.15) is 46.6 Å². The Bertz CT molecular complexity index is 1300. The summed E-state index contributed by atoms with van der Waals surface area (Å²) in [7, 11) is 0. The van der Waals surface area contributed by atoms with Crippen molar-refractivity contribution in [1.29, 1.82) is 0 Å². The number of nitrogens with zero attached hydrogens (tertiary/aromatic N) is 2. The van der Waals surface area contributed by atoms with Crippen LogP contribution in [0.5, 0.6) is 5.75 Å². The first-order valence-corrected chi connectivity index (χ1v) is 13.0. The van der Waals surface area contributed by atoms with Gasteiger partial charge in [0, 0.05) is 23.0 Å². The van der Waals surface area contributed by atoms with Gasteiger partial charge in [0.15, 0.2) is 0 Å². The molecule has 0 fully saturated rings. The van der Waals surface area contributed by atoms with Gasteiger partial charge in [0.1, 0.15) is 18.2 Å². The molecule has 4 aromatic rings. The molecule has 5 nitrogen and oxygen atoms in total. The van der Waals surface area contributed by atoms with Crippen molar-refractivity contribution in [1.82, 2.24) is 14.9 Å². The molecule has 1 heterocycles. The summed E-state index contributed by atoms with van der Waals surface area (Å²) in [6, 6.07) is 22.0. The molecule has 0 saturated carbocycles. The van der Waals surface area contributed by atoms with Gasteiger partial charge in [0.2, 0.25) is 0 Å². The number of para-hydroxylation sites is 2. The topological polar surface area (TPSA) is 56.1 Å². The fourth-order valence-corrected chi connectivity index (χ4v) is 4.54. The summed E-state index contributed by atoms with van der Waals surface area (Å²) in [6.07, 6.45) is 3.89. The molecule has 0 aliphatic heterocycles. The lowest BCUT2D eigenvalue weighted by molar-refractivity contribution is 0.0953. The van der Waals surface area contributed by atoms with Crippen LogP contribution in [0.15, 0.2) is 71.2 Å². The lowest BCUT2D eigenvalue weighted by Gasteiger charge is -2.12. The molecule has 0 aliphatic rings. The zero-order valence-electron chi connectivity index (χ0n) is 20.4. The minimum atomic E-state index is -0.0307. The van der Waals surface area contributed by atoms with Crippen LogP contribution in [0.25, 0.3) is 11.0 Å². The number of rotatable bonds is 11. The van der Waals surface area contributed by atoms with Crippen LogP contribution in [0, 0.1) is 13.8 Å². The summed E-state index contributed by atoms with van der Waals surface area (Å²) in [4.78, 5) is 17.2. The Hall–Kier alpha value is -3.12. The van der Waals surface area contributed by atoms with Crippen molar-refractivity contribution in [3.63, 3.8) is 0 Å². The molecule has 1 N–H and O–H groups in total. The molecule has 0 saturated heterocycles. The summed E-state index contributed by atoms with van der Waals surface area (Å²) in [5.41, 5.74) is 5.36. The predicted molar refractivity (Wildman–Crippen MR) is 145 cm³/mol. The van der Waals surface area contributed by atoms with Gasteiger partial charge in [-0.05, 0) is 80.3 Å². The molecule has 1 aromatic heterocycles. The number of amides is 1. The number of ether oxygens (including phenoxy) is 1. The Kier molecular flexibility index (Phi) is 8.59. The van der Waals surface area contributed by atoms with Gasteiger partial charge < -0.3 is 14.6 Å². The summed E-state index contributed by atoms with van der Waals surface area (Å²) >= 11 is 3.41. The smallest absolute Gasteiger partial charge is 0.251 e. The molecule has 6 heteroatoms. The van der Waals surface area contributed by atoms with Crippen LogP contribution in [-0.4, -0.2) is 28.6 Å². The van der Waals surface area contributed by atoms with Crippen molar-refractivity contribution in [2.45, 2.75) is 46.1 Å². The molecule has 35 heavy (non-hydrogen) atoms. The van der Waals surface area contributed by atoms with E-state index in [1.807, 2.05) is 36.4 Å². The normalized spacial score (nSPS) is 11.1. The van der Waals surface area contributed by atoms with Gasteiger partial charge in [-0.1, -0.05) is 46.6 Å². The maximum atomic E-state index is 12.3. The van der Waals surface area contributed by atoms with Crippen molar-refractivity contribution in [2.24, 2.45) is 0 Å². The number of carbonyl (C=O) groups excluding carboxylic acids is 1. The number of imidazole rings is 1. The number of hydrogen-bond acceptors (Lipinski definition) is 3. The summed E-state index contributed by atoms with van der Waals surface area (Å²) in [5, 5.41) is 3.01. The highest BCUT2D eigenvalue weighted by molar-refractivity contribution is 9.10. The third kappa shape index (κ3) is 6.73. The number of benzene rings is 3. The van der Waals surface area contributed by atoms with E-state index in [1.165, 1.54) is 11.1 Å². The maximum absolute atomic E-state index is 12.3. The molecule has 0 radical (unpaired) electrons. The third-order valence-corrected chi connectivity index (χ3v) is 6.74. The molecule has 4 rings (SSSR count). The number of hydrogen-bond donors (Lipinski definition) is 1. The molecular formula is C29H32BrN3O2. The second-order valence-electron chi connectivity index (χ2n) is 8.84. The van der Waals surface area contributed by atoms with Crippen LogP contribution in [0.2, 0.25) is 0 Å². The van der Waals surface area contributed by atoms with E-state index in [1.54, 1.807) is 0 Å². The van der Waals surface area contributed by atoms with E-state index in [4.69, 9.17) is 9.72 Å². The van der Waals surface area contributed by atoms with E-state index < -0.39 is 0 Å². The summed E-state index contributed by atoms with van der Waals surface area (Å²) < 4.78 is 9.24. The Morgan fingerprint density at radius 3 is 2.66 bits per heavy atom. The molecule has 3 aromatic carbocycles. The highest BCUT2D eigenvalue weighted by Gasteiger charge is 2.11. The van der Waals surface area contributed by atoms with E-state index in [0.717, 1.165) is 59.3 Å². The Labute approximate surface area is 215 Å². The van der Waals surface area contributed by atoms with Gasteiger partial charge >= 0.3 is 0 Å². The number of unbranched alkanes of at least 4 members (excludes halogenated alkanes) is 2. The van der Waals surface area contributed by atoms with E-state index in [2.05, 4.69) is 70.0 Å². The maximum Gasteiger partial charge on any atom is 0.251 e. The fraction of sp³-hybridized carbons (Fsp3) is 0.310. The van der Waals surface area contributed by atoms with Gasteiger partial charge in [0.05, 0.1) is 17.6 Å². The fourth-order valence-electron chi connectivity index (χ4n) is 4.14. The molecule has 1 amide bonds. The number of fused-ring (bicyclic) bond motifs is 1. The standard InChI is InChI=1S/C29H32BrN3O2/c1-21-14-15-25(19-22(21)2)35-18-17-33-27-12-6-5-11-26(27)32-28(33)13-4-3-7-16-31-29(34)23-9-8-10-24(30)20-23/h5-6,8-12,14-15,19-20H,3-4,7,13,16-18H2,1-2H3,(H,31,34). The summed E-state index contributed by atoms with van der Waals surface area (Å²) in [5.74, 6) is 1.97. The van der Waals surface area contributed by atoms with Crippen molar-refractivity contribution in [2.75, 3.05) is 13.2 Å². The lowest BCUT2D eigenvalue weighted by Crippen LogP contribution is -2.24. The zero-order valence-corrected chi connectivity index (χ0v) is 22.0. The molecule has 0 unspecified atom stereocenters. The van der Waals surface area contributed by atoms with E-state index >= 15 is 0 Å². The number of halogens is 1. The molecular weight excluding hydrogens is 502 g/mol. The molecule has 0 aliphatic carbocycles. The number of carbonyl (C=O) groups is 1. The average Bonchev–Trinajstić information content (AvgIpc) is 3.20. The average molecular weight is 534 g/mol. The Morgan fingerprint density at radius 2 is 1.83 bits per heavy atom. The van der Waals surface area contributed by atoms with Gasteiger partial charge in [-0.3, -0.25) is 4.79 Å². The first-order valence-electron chi connectivity index (χ1n) is 12.2. The molecule has 182 valence electrons. The molecule has 0 spiro atoms. The highest BCUT2D eigenvalue weighted by Crippen LogP contribution is 2.20. The quantitative estimate of drug-likeness (QED) is 0.220. The van der Waals surface area contributed by atoms with Crippen LogP contribution in [0.4, 0.5) is 0 Å². The molecule has 0 bridgehead atoms. The second kappa shape index (κ2) is 12.0. The Morgan fingerprint density at radius 1 is 0.971 bits per heavy atom. The second-order valence-corrected chi connectivity index (χ2v) is 9.76.